The molecule has 0 spiro atoms. The van der Waals surface area contributed by atoms with Gasteiger partial charge in [0.05, 0.1) is 11.3 Å². The van der Waals surface area contributed by atoms with Crippen LogP contribution in [0.3, 0.4) is 0 Å². The summed E-state index contributed by atoms with van der Waals surface area (Å²) in [6.07, 6.45) is 2.62. The predicted octanol–water partition coefficient (Wildman–Crippen LogP) is 1.62. The van der Waals surface area contributed by atoms with Gasteiger partial charge in [0.25, 0.3) is 0 Å². The van der Waals surface area contributed by atoms with E-state index < -0.39 is 0 Å². The Hall–Kier alpha value is -1.27. The monoisotopic (exact) mass is 293 g/mol. The molecule has 1 atom stereocenters. The van der Waals surface area contributed by atoms with Crippen molar-refractivity contribution in [2.45, 2.75) is 45.7 Å². The van der Waals surface area contributed by atoms with Crippen LogP contribution in [0.1, 0.15) is 36.6 Å². The third-order valence-corrected chi connectivity index (χ3v) is 4.29. The van der Waals surface area contributed by atoms with Crippen LogP contribution in [0.5, 0.6) is 0 Å². The first-order valence-electron chi connectivity index (χ1n) is 7.01. The summed E-state index contributed by atoms with van der Waals surface area (Å²) in [4.78, 5) is 2.77. The zero-order valence-electron chi connectivity index (χ0n) is 12.6. The van der Waals surface area contributed by atoms with Gasteiger partial charge in [-0.1, -0.05) is 12.2 Å². The van der Waals surface area contributed by atoms with Crippen LogP contribution in [-0.4, -0.2) is 45.8 Å². The van der Waals surface area contributed by atoms with Gasteiger partial charge in [-0.05, 0) is 46.2 Å². The molecule has 0 radical (unpaired) electrons. The van der Waals surface area contributed by atoms with Gasteiger partial charge in [0.2, 0.25) is 0 Å². The molecule has 0 saturated heterocycles. The Morgan fingerprint density at radius 3 is 2.65 bits per heavy atom. The zero-order chi connectivity index (χ0) is 14.9. The van der Waals surface area contributed by atoms with E-state index in [1.807, 2.05) is 13.8 Å². The third kappa shape index (κ3) is 3.24. The topological polar surface area (TPSA) is 67.1 Å². The van der Waals surface area contributed by atoms with E-state index in [9.17, 15) is 0 Å². The molecule has 1 aromatic heterocycles. The normalized spacial score (nSPS) is 16.2. The number of likely N-dealkylation sites (N-methyl/N-ethyl adjacent to an activating group) is 1. The van der Waals surface area contributed by atoms with Gasteiger partial charge < -0.3 is 11.1 Å². The number of rotatable bonds is 6. The van der Waals surface area contributed by atoms with E-state index in [1.54, 1.807) is 0 Å². The molecule has 0 aromatic carbocycles. The molecule has 3 N–H and O–H groups in total. The third-order valence-electron chi connectivity index (χ3n) is 4.08. The number of nitrogens with two attached hydrogens (primary N) is 1. The molecule has 0 aliphatic heterocycles. The van der Waals surface area contributed by atoms with Gasteiger partial charge in [-0.2, -0.15) is 5.10 Å². The molecule has 110 valence electrons. The minimum absolute atomic E-state index is 0.367. The number of hydrogen-bond acceptors (Lipinski definition) is 5. The standard InChI is InChI=1S/C14H23N5S/c1-8(19(4)11-5-6-11)7-16-14-12(13(15)20)9(2)10(3)17-18-14/h8,11H,5-7H2,1-4H3,(H2,15,20)(H,16,18). The van der Waals surface area contributed by atoms with Crippen molar-refractivity contribution >= 4 is 23.0 Å². The maximum absolute atomic E-state index is 5.82. The second-order valence-electron chi connectivity index (χ2n) is 5.62. The SMILES string of the molecule is Cc1nnc(NCC(C)N(C)C2CC2)c(C(N)=S)c1C. The summed E-state index contributed by atoms with van der Waals surface area (Å²) in [7, 11) is 2.17. The summed E-state index contributed by atoms with van der Waals surface area (Å²) < 4.78 is 0. The predicted molar refractivity (Wildman–Crippen MR) is 86.1 cm³/mol. The van der Waals surface area contributed by atoms with E-state index in [1.165, 1.54) is 12.8 Å². The van der Waals surface area contributed by atoms with Crippen LogP contribution in [0, 0.1) is 13.8 Å². The van der Waals surface area contributed by atoms with Crippen LogP contribution in [0.2, 0.25) is 0 Å². The minimum Gasteiger partial charge on any atom is -0.389 e. The van der Waals surface area contributed by atoms with Crippen LogP contribution < -0.4 is 11.1 Å². The molecule has 0 amide bonds. The van der Waals surface area contributed by atoms with Crippen molar-refractivity contribution in [3.05, 3.63) is 16.8 Å². The highest BCUT2D eigenvalue weighted by Crippen LogP contribution is 2.27. The lowest BCUT2D eigenvalue weighted by Gasteiger charge is -2.25. The molecule has 1 aromatic rings. The Balaban J connectivity index is 2.09. The summed E-state index contributed by atoms with van der Waals surface area (Å²) in [5.41, 5.74) is 8.50. The summed E-state index contributed by atoms with van der Waals surface area (Å²) in [6, 6.07) is 1.18. The summed E-state index contributed by atoms with van der Waals surface area (Å²) in [6.45, 7) is 6.90. The van der Waals surface area contributed by atoms with E-state index in [0.717, 1.165) is 29.4 Å². The van der Waals surface area contributed by atoms with Crippen molar-refractivity contribution in [1.29, 1.82) is 0 Å². The van der Waals surface area contributed by atoms with E-state index in [0.29, 0.717) is 16.8 Å². The molecule has 1 saturated carbocycles. The van der Waals surface area contributed by atoms with Crippen molar-refractivity contribution in [3.8, 4) is 0 Å². The molecule has 1 fully saturated rings. The highest BCUT2D eigenvalue weighted by Gasteiger charge is 2.29. The molecule has 6 heteroatoms. The Morgan fingerprint density at radius 1 is 1.45 bits per heavy atom. The van der Waals surface area contributed by atoms with Crippen LogP contribution >= 0.6 is 12.2 Å². The maximum atomic E-state index is 5.82. The van der Waals surface area contributed by atoms with Crippen molar-refractivity contribution in [2.75, 3.05) is 18.9 Å². The van der Waals surface area contributed by atoms with Crippen molar-refractivity contribution in [2.24, 2.45) is 5.73 Å². The fourth-order valence-electron chi connectivity index (χ4n) is 2.26. The Kier molecular flexibility index (Phi) is 4.55. The lowest BCUT2D eigenvalue weighted by molar-refractivity contribution is 0.257. The van der Waals surface area contributed by atoms with Gasteiger partial charge in [-0.25, -0.2) is 0 Å². The average molecular weight is 293 g/mol. The molecule has 2 rings (SSSR count). The summed E-state index contributed by atoms with van der Waals surface area (Å²) in [5, 5.41) is 11.7. The van der Waals surface area contributed by atoms with Gasteiger partial charge in [0.1, 0.15) is 4.99 Å². The number of anilines is 1. The van der Waals surface area contributed by atoms with Gasteiger partial charge in [0, 0.05) is 18.6 Å². The summed E-state index contributed by atoms with van der Waals surface area (Å²) in [5.74, 6) is 0.691. The van der Waals surface area contributed by atoms with Crippen LogP contribution in [0.15, 0.2) is 0 Å². The molecular weight excluding hydrogens is 270 g/mol. The number of nitrogens with zero attached hydrogens (tertiary/aromatic N) is 3. The van der Waals surface area contributed by atoms with E-state index in [2.05, 4.69) is 34.4 Å². The highest BCUT2D eigenvalue weighted by molar-refractivity contribution is 7.80. The minimum atomic E-state index is 0.367. The smallest absolute Gasteiger partial charge is 0.159 e. The second-order valence-corrected chi connectivity index (χ2v) is 6.06. The lowest BCUT2D eigenvalue weighted by atomic mass is 10.1. The summed E-state index contributed by atoms with van der Waals surface area (Å²) >= 11 is 5.14. The van der Waals surface area contributed by atoms with Gasteiger partial charge in [-0.15, -0.1) is 5.10 Å². The van der Waals surface area contributed by atoms with Crippen LogP contribution in [-0.2, 0) is 0 Å². The molecular formula is C14H23N5S. The fraction of sp³-hybridized carbons (Fsp3) is 0.643. The molecule has 1 aliphatic carbocycles. The fourth-order valence-corrected chi connectivity index (χ4v) is 2.51. The Bertz CT molecular complexity index is 513. The zero-order valence-corrected chi connectivity index (χ0v) is 13.4. The van der Waals surface area contributed by atoms with Crippen molar-refractivity contribution in [3.63, 3.8) is 0 Å². The number of aromatic nitrogens is 2. The Morgan fingerprint density at radius 2 is 2.10 bits per heavy atom. The number of thiocarbonyl (C=S) groups is 1. The van der Waals surface area contributed by atoms with Crippen LogP contribution in [0.25, 0.3) is 0 Å². The first-order chi connectivity index (χ1) is 9.41. The lowest BCUT2D eigenvalue weighted by Crippen LogP contribution is -2.36. The Labute approximate surface area is 125 Å². The molecule has 1 unspecified atom stereocenters. The van der Waals surface area contributed by atoms with E-state index in [4.69, 9.17) is 18.0 Å². The first kappa shape index (κ1) is 15.1. The number of nitrogens with one attached hydrogen (secondary N) is 1. The van der Waals surface area contributed by atoms with Crippen molar-refractivity contribution < 1.29 is 0 Å². The second kappa shape index (κ2) is 6.01. The quantitative estimate of drug-likeness (QED) is 0.777. The van der Waals surface area contributed by atoms with Gasteiger partial charge in [-0.3, -0.25) is 4.90 Å². The molecule has 20 heavy (non-hydrogen) atoms. The largest absolute Gasteiger partial charge is 0.389 e. The van der Waals surface area contributed by atoms with E-state index in [-0.39, 0.29) is 0 Å². The van der Waals surface area contributed by atoms with Crippen LogP contribution in [0.4, 0.5) is 5.82 Å². The average Bonchev–Trinajstić information content (AvgIpc) is 3.22. The van der Waals surface area contributed by atoms with Crippen molar-refractivity contribution in [1.82, 2.24) is 15.1 Å². The molecule has 1 aliphatic rings. The maximum Gasteiger partial charge on any atom is 0.159 e. The molecule has 5 nitrogen and oxygen atoms in total. The van der Waals surface area contributed by atoms with E-state index >= 15 is 0 Å². The van der Waals surface area contributed by atoms with Gasteiger partial charge in [0.15, 0.2) is 5.82 Å². The number of aryl methyl sites for hydroxylation is 1. The highest BCUT2D eigenvalue weighted by atomic mass is 32.1. The molecule has 1 heterocycles. The van der Waals surface area contributed by atoms with Gasteiger partial charge >= 0.3 is 0 Å². The number of hydrogen-bond donors (Lipinski definition) is 2. The molecule has 0 bridgehead atoms. The first-order valence-corrected chi connectivity index (χ1v) is 7.42.